The highest BCUT2D eigenvalue weighted by molar-refractivity contribution is 4.88. The molecule has 1 rings (SSSR count). The highest BCUT2D eigenvalue weighted by atomic mass is 15.2. The lowest BCUT2D eigenvalue weighted by atomic mass is 10.1. The Hall–Kier alpha value is -0.790. The van der Waals surface area contributed by atoms with Crippen molar-refractivity contribution in [1.29, 1.82) is 0 Å². The first-order chi connectivity index (χ1) is 6.14. The van der Waals surface area contributed by atoms with E-state index in [2.05, 4.69) is 70.0 Å². The summed E-state index contributed by atoms with van der Waals surface area (Å²) < 4.78 is 4.64. The number of nitrogens with zero attached hydrogens (tertiary/aromatic N) is 2. The molecular weight excluding hydrogens is 172 g/mol. The van der Waals surface area contributed by atoms with Gasteiger partial charge in [-0.2, -0.15) is 0 Å². The van der Waals surface area contributed by atoms with E-state index >= 15 is 0 Å². The first kappa shape index (κ1) is 11.3. The maximum absolute atomic E-state index is 2.32. The second-order valence-corrected chi connectivity index (χ2v) is 5.93. The van der Waals surface area contributed by atoms with Crippen molar-refractivity contribution in [2.75, 3.05) is 0 Å². The van der Waals surface area contributed by atoms with E-state index in [-0.39, 0.29) is 11.1 Å². The fourth-order valence-electron chi connectivity index (χ4n) is 1.88. The van der Waals surface area contributed by atoms with Gasteiger partial charge in [-0.05, 0) is 41.5 Å². The summed E-state index contributed by atoms with van der Waals surface area (Å²) in [5.41, 5.74) is 0.334. The van der Waals surface area contributed by atoms with Crippen molar-refractivity contribution in [3.63, 3.8) is 0 Å². The van der Waals surface area contributed by atoms with E-state index in [0.29, 0.717) is 0 Å². The molecule has 80 valence electrons. The van der Waals surface area contributed by atoms with Gasteiger partial charge in [-0.3, -0.25) is 0 Å². The van der Waals surface area contributed by atoms with Gasteiger partial charge in [0, 0.05) is 6.92 Å². The maximum Gasteiger partial charge on any atom is 0.254 e. The molecule has 0 aromatic carbocycles. The minimum absolute atomic E-state index is 0.167. The fraction of sp³-hybridized carbons (Fsp3) is 0.750. The number of hydrogen-bond acceptors (Lipinski definition) is 0. The third kappa shape index (κ3) is 1.99. The molecule has 0 aliphatic carbocycles. The number of rotatable bonds is 0. The fourth-order valence-corrected chi connectivity index (χ4v) is 1.88. The Labute approximate surface area is 87.6 Å². The molecule has 0 aliphatic heterocycles. The van der Waals surface area contributed by atoms with Gasteiger partial charge in [0.05, 0.1) is 0 Å². The minimum Gasteiger partial charge on any atom is -0.230 e. The molecule has 0 saturated heterocycles. The monoisotopic (exact) mass is 195 g/mol. The second kappa shape index (κ2) is 3.11. The predicted octanol–water partition coefficient (Wildman–Crippen LogP) is 2.59. The second-order valence-electron chi connectivity index (χ2n) is 5.93. The Morgan fingerprint density at radius 1 is 1.07 bits per heavy atom. The molecule has 0 bridgehead atoms. The molecule has 0 fully saturated rings. The van der Waals surface area contributed by atoms with E-state index in [9.17, 15) is 0 Å². The molecule has 1 heterocycles. The standard InChI is InChI=1S/C12H23N2/c1-10-13(11(2,3)4)8-9-14(10)12(5,6)7/h8-9H,1-7H3/q+1. The molecule has 0 aliphatic rings. The summed E-state index contributed by atoms with van der Waals surface area (Å²) in [5.74, 6) is 1.31. The van der Waals surface area contributed by atoms with Crippen LogP contribution >= 0.6 is 0 Å². The highest BCUT2D eigenvalue weighted by Gasteiger charge is 2.28. The zero-order valence-electron chi connectivity index (χ0n) is 10.5. The molecule has 0 unspecified atom stereocenters. The molecule has 2 nitrogen and oxygen atoms in total. The average molecular weight is 195 g/mol. The van der Waals surface area contributed by atoms with Gasteiger partial charge in [-0.1, -0.05) is 0 Å². The van der Waals surface area contributed by atoms with Crippen LogP contribution in [0.3, 0.4) is 0 Å². The normalized spacial score (nSPS) is 13.4. The molecular formula is C12H23N2+. The molecule has 0 N–H and O–H groups in total. The number of imidazole rings is 1. The van der Waals surface area contributed by atoms with Crippen LogP contribution in [0.4, 0.5) is 0 Å². The van der Waals surface area contributed by atoms with Crippen molar-refractivity contribution < 1.29 is 4.57 Å². The van der Waals surface area contributed by atoms with Gasteiger partial charge in [-0.15, -0.1) is 0 Å². The van der Waals surface area contributed by atoms with Crippen LogP contribution in [0.15, 0.2) is 12.4 Å². The van der Waals surface area contributed by atoms with E-state index in [1.165, 1.54) is 5.82 Å². The third-order valence-electron chi connectivity index (χ3n) is 2.51. The van der Waals surface area contributed by atoms with Crippen LogP contribution in [-0.2, 0) is 11.1 Å². The van der Waals surface area contributed by atoms with Crippen molar-refractivity contribution in [3.8, 4) is 0 Å². The third-order valence-corrected chi connectivity index (χ3v) is 2.51. The summed E-state index contributed by atoms with van der Waals surface area (Å²) in [7, 11) is 0. The Morgan fingerprint density at radius 2 is 1.57 bits per heavy atom. The van der Waals surface area contributed by atoms with Crippen molar-refractivity contribution >= 4 is 0 Å². The molecule has 0 amide bonds. The Bertz CT molecular complexity index is 290. The Balaban J connectivity index is 3.23. The molecule has 14 heavy (non-hydrogen) atoms. The van der Waals surface area contributed by atoms with Crippen LogP contribution in [-0.4, -0.2) is 4.57 Å². The summed E-state index contributed by atoms with van der Waals surface area (Å²) in [4.78, 5) is 0. The van der Waals surface area contributed by atoms with Gasteiger partial charge in [0.15, 0.2) is 0 Å². The Morgan fingerprint density at radius 3 is 1.79 bits per heavy atom. The van der Waals surface area contributed by atoms with Crippen molar-refractivity contribution in [2.24, 2.45) is 0 Å². The molecule has 0 radical (unpaired) electrons. The van der Waals surface area contributed by atoms with Crippen LogP contribution < -0.4 is 4.57 Å². The smallest absolute Gasteiger partial charge is 0.230 e. The van der Waals surface area contributed by atoms with Crippen molar-refractivity contribution in [2.45, 2.75) is 59.5 Å². The van der Waals surface area contributed by atoms with Gasteiger partial charge in [0.25, 0.3) is 5.82 Å². The summed E-state index contributed by atoms with van der Waals surface area (Å²) >= 11 is 0. The van der Waals surface area contributed by atoms with Gasteiger partial charge < -0.3 is 0 Å². The summed E-state index contributed by atoms with van der Waals surface area (Å²) in [6.07, 6.45) is 4.33. The minimum atomic E-state index is 0.167. The number of hydrogen-bond donors (Lipinski definition) is 0. The van der Waals surface area contributed by atoms with E-state index in [4.69, 9.17) is 0 Å². The van der Waals surface area contributed by atoms with Gasteiger partial charge in [0.1, 0.15) is 23.5 Å². The lowest BCUT2D eigenvalue weighted by Crippen LogP contribution is -2.51. The first-order valence-corrected chi connectivity index (χ1v) is 5.24. The molecule has 0 atom stereocenters. The van der Waals surface area contributed by atoms with Gasteiger partial charge in [0.2, 0.25) is 0 Å². The SMILES string of the molecule is Cc1n(C(C)(C)C)cc[n+]1C(C)(C)C. The first-order valence-electron chi connectivity index (χ1n) is 5.24. The van der Waals surface area contributed by atoms with Gasteiger partial charge in [-0.25, -0.2) is 9.13 Å². The zero-order chi connectivity index (χ0) is 11.1. The maximum atomic E-state index is 2.32. The van der Waals surface area contributed by atoms with Crippen LogP contribution in [0.1, 0.15) is 47.4 Å². The molecule has 0 spiro atoms. The van der Waals surface area contributed by atoms with Gasteiger partial charge >= 0.3 is 0 Å². The zero-order valence-corrected chi connectivity index (χ0v) is 10.5. The van der Waals surface area contributed by atoms with E-state index < -0.39 is 0 Å². The van der Waals surface area contributed by atoms with E-state index in [1.54, 1.807) is 0 Å². The average Bonchev–Trinajstić information content (AvgIpc) is 2.26. The molecule has 2 heteroatoms. The van der Waals surface area contributed by atoms with Crippen LogP contribution in [0.25, 0.3) is 0 Å². The van der Waals surface area contributed by atoms with Crippen LogP contribution in [0.5, 0.6) is 0 Å². The van der Waals surface area contributed by atoms with E-state index in [0.717, 1.165) is 0 Å². The lowest BCUT2D eigenvalue weighted by Gasteiger charge is -2.19. The molecule has 0 saturated carbocycles. The molecule has 1 aromatic heterocycles. The largest absolute Gasteiger partial charge is 0.254 e. The highest BCUT2D eigenvalue weighted by Crippen LogP contribution is 2.16. The van der Waals surface area contributed by atoms with E-state index in [1.807, 2.05) is 0 Å². The summed E-state index contributed by atoms with van der Waals surface area (Å²) in [6.45, 7) is 15.6. The summed E-state index contributed by atoms with van der Waals surface area (Å²) in [5, 5.41) is 0. The van der Waals surface area contributed by atoms with Crippen molar-refractivity contribution in [1.82, 2.24) is 4.57 Å². The summed E-state index contributed by atoms with van der Waals surface area (Å²) in [6, 6.07) is 0. The predicted molar refractivity (Wildman–Crippen MR) is 59.4 cm³/mol. The molecule has 1 aromatic rings. The number of aromatic nitrogens is 2. The topological polar surface area (TPSA) is 8.81 Å². The van der Waals surface area contributed by atoms with Crippen LogP contribution in [0, 0.1) is 6.92 Å². The lowest BCUT2D eigenvalue weighted by molar-refractivity contribution is -0.759. The van der Waals surface area contributed by atoms with Crippen molar-refractivity contribution in [3.05, 3.63) is 18.2 Å². The quantitative estimate of drug-likeness (QED) is 0.563. The Kier molecular flexibility index (Phi) is 2.51. The van der Waals surface area contributed by atoms with Crippen LogP contribution in [0.2, 0.25) is 0 Å².